The molecule has 12 heteroatoms. The van der Waals surface area contributed by atoms with E-state index < -0.39 is 39.1 Å². The Balaban J connectivity index is 1.82. The van der Waals surface area contributed by atoms with Gasteiger partial charge in [0, 0.05) is 36.6 Å². The maximum atomic E-state index is 13.3. The van der Waals surface area contributed by atoms with Crippen LogP contribution in [-0.2, 0) is 17.3 Å². The van der Waals surface area contributed by atoms with Gasteiger partial charge in [0.1, 0.15) is 5.69 Å². The van der Waals surface area contributed by atoms with E-state index in [-0.39, 0.29) is 22.1 Å². The lowest BCUT2D eigenvalue weighted by atomic mass is 10.2. The summed E-state index contributed by atoms with van der Waals surface area (Å²) >= 11 is 6.13. The van der Waals surface area contributed by atoms with E-state index in [1.165, 1.54) is 17.8 Å². The van der Waals surface area contributed by atoms with Crippen molar-refractivity contribution >= 4 is 39.1 Å². The van der Waals surface area contributed by atoms with E-state index in [2.05, 4.69) is 14.8 Å². The highest BCUT2D eigenvalue weighted by Gasteiger charge is 2.41. The van der Waals surface area contributed by atoms with Crippen LogP contribution in [0.3, 0.4) is 0 Å². The number of halogens is 4. The largest absolute Gasteiger partial charge is 0.343 e. The van der Waals surface area contributed by atoms with Crippen LogP contribution in [0, 0.1) is 17.5 Å². The number of hydrogen-bond donors (Lipinski definition) is 3. The fraction of sp³-hybridized carbons (Fsp3) is 0.312. The van der Waals surface area contributed by atoms with Crippen molar-refractivity contribution in [1.82, 2.24) is 9.29 Å². The predicted molar refractivity (Wildman–Crippen MR) is 98.0 cm³/mol. The third-order valence-corrected chi connectivity index (χ3v) is 5.83. The van der Waals surface area contributed by atoms with Crippen molar-refractivity contribution in [3.63, 3.8) is 0 Å². The summed E-state index contributed by atoms with van der Waals surface area (Å²) in [7, 11) is -2.50. The zero-order chi connectivity index (χ0) is 20.9. The van der Waals surface area contributed by atoms with Crippen LogP contribution in [0.2, 0.25) is 5.02 Å². The first-order valence-electron chi connectivity index (χ1n) is 8.03. The molecular formula is C16H16ClF3N4O3S. The summed E-state index contributed by atoms with van der Waals surface area (Å²) in [5, 5.41) is 1.98. The summed E-state index contributed by atoms with van der Waals surface area (Å²) in [5.41, 5.74) is -1.06. The van der Waals surface area contributed by atoms with Crippen molar-refractivity contribution in [2.75, 3.05) is 10.0 Å². The number of carbonyl (C=O) groups excluding carboxylic acids is 1. The Bertz CT molecular complexity index is 1040. The number of aromatic nitrogens is 1. The van der Waals surface area contributed by atoms with Gasteiger partial charge in [0.25, 0.3) is 16.1 Å². The Morgan fingerprint density at radius 2 is 1.79 bits per heavy atom. The monoisotopic (exact) mass is 436 g/mol. The summed E-state index contributed by atoms with van der Waals surface area (Å²) in [6.45, 7) is 1.75. The number of hydrogen-bond acceptors (Lipinski definition) is 3. The van der Waals surface area contributed by atoms with Crippen molar-refractivity contribution in [1.29, 1.82) is 0 Å². The number of nitrogens with one attached hydrogen (secondary N) is 3. The maximum Gasteiger partial charge on any atom is 0.299 e. The molecule has 1 amide bonds. The summed E-state index contributed by atoms with van der Waals surface area (Å²) in [4.78, 5) is 12.4. The number of carbonyl (C=O) groups is 1. The molecule has 1 heterocycles. The van der Waals surface area contributed by atoms with Crippen LogP contribution in [-0.4, -0.2) is 24.4 Å². The molecule has 0 unspecified atom stereocenters. The summed E-state index contributed by atoms with van der Waals surface area (Å²) in [6.07, 6.45) is 2.68. The van der Waals surface area contributed by atoms with Gasteiger partial charge in [0.15, 0.2) is 17.5 Å². The number of nitrogens with zero attached hydrogens (tertiary/aromatic N) is 1. The summed E-state index contributed by atoms with van der Waals surface area (Å²) in [5.74, 6) is -5.48. The molecule has 1 fully saturated rings. The molecule has 1 aliphatic carbocycles. The minimum absolute atomic E-state index is 0.0532. The molecule has 1 aromatic carbocycles. The van der Waals surface area contributed by atoms with Crippen LogP contribution < -0.4 is 14.8 Å². The van der Waals surface area contributed by atoms with Crippen LogP contribution >= 0.6 is 11.6 Å². The molecule has 0 bridgehead atoms. The summed E-state index contributed by atoms with van der Waals surface area (Å²) < 4.78 is 70.0. The standard InChI is InChI=1S/C16H16ClF3N4O3S/c1-16(3-4-16)23-28(26,27)22-11-7-24(2)14(12(11)17)15(25)21-8-5-9(18)13(20)10(19)6-8/h5-7,22-23H,3-4H2,1-2H3,(H,21,25). The van der Waals surface area contributed by atoms with Gasteiger partial charge < -0.3 is 9.88 Å². The highest BCUT2D eigenvalue weighted by molar-refractivity contribution is 7.90. The molecule has 0 aliphatic heterocycles. The molecule has 0 saturated heterocycles. The van der Waals surface area contributed by atoms with E-state index in [0.717, 1.165) is 0 Å². The fourth-order valence-corrected chi connectivity index (χ4v) is 4.25. The van der Waals surface area contributed by atoms with Gasteiger partial charge in [0.2, 0.25) is 0 Å². The Morgan fingerprint density at radius 3 is 2.32 bits per heavy atom. The first-order chi connectivity index (χ1) is 12.9. The number of rotatable bonds is 6. The van der Waals surface area contributed by atoms with E-state index in [9.17, 15) is 26.4 Å². The Kier molecular flexibility index (Phi) is 5.11. The van der Waals surface area contributed by atoms with Crippen LogP contribution in [0.25, 0.3) is 0 Å². The van der Waals surface area contributed by atoms with Crippen molar-refractivity contribution < 1.29 is 26.4 Å². The molecule has 0 radical (unpaired) electrons. The Hall–Kier alpha value is -2.24. The van der Waals surface area contributed by atoms with Crippen LogP contribution in [0.4, 0.5) is 24.5 Å². The first-order valence-corrected chi connectivity index (χ1v) is 9.89. The highest BCUT2D eigenvalue weighted by atomic mass is 35.5. The highest BCUT2D eigenvalue weighted by Crippen LogP contribution is 2.36. The first kappa shape index (κ1) is 20.5. The number of anilines is 2. The average molecular weight is 437 g/mol. The lowest BCUT2D eigenvalue weighted by Gasteiger charge is -2.13. The Morgan fingerprint density at radius 1 is 1.21 bits per heavy atom. The zero-order valence-corrected chi connectivity index (χ0v) is 16.3. The second-order valence-corrected chi connectivity index (χ2v) is 8.59. The second-order valence-electron chi connectivity index (χ2n) is 6.79. The van der Waals surface area contributed by atoms with Gasteiger partial charge in [-0.15, -0.1) is 0 Å². The third kappa shape index (κ3) is 4.26. The second kappa shape index (κ2) is 6.98. The quantitative estimate of drug-likeness (QED) is 0.607. The fourth-order valence-electron chi connectivity index (χ4n) is 2.53. The zero-order valence-electron chi connectivity index (χ0n) is 14.7. The lowest BCUT2D eigenvalue weighted by molar-refractivity contribution is 0.101. The van der Waals surface area contributed by atoms with Crippen molar-refractivity contribution in [3.05, 3.63) is 46.5 Å². The van der Waals surface area contributed by atoms with Crippen molar-refractivity contribution in [3.8, 4) is 0 Å². The van der Waals surface area contributed by atoms with Gasteiger partial charge in [-0.2, -0.15) is 13.1 Å². The van der Waals surface area contributed by atoms with Crippen molar-refractivity contribution in [2.45, 2.75) is 25.3 Å². The average Bonchev–Trinajstić information content (AvgIpc) is 3.20. The van der Waals surface area contributed by atoms with E-state index in [1.807, 2.05) is 0 Å². The Labute approximate surface area is 164 Å². The number of amides is 1. The van der Waals surface area contributed by atoms with Gasteiger partial charge in [-0.1, -0.05) is 11.6 Å². The van der Waals surface area contributed by atoms with Gasteiger partial charge in [-0.3, -0.25) is 9.52 Å². The molecule has 28 heavy (non-hydrogen) atoms. The molecule has 1 saturated carbocycles. The van der Waals surface area contributed by atoms with Crippen molar-refractivity contribution in [2.24, 2.45) is 7.05 Å². The molecule has 152 valence electrons. The molecule has 1 aromatic heterocycles. The van der Waals surface area contributed by atoms with E-state index in [0.29, 0.717) is 25.0 Å². The topological polar surface area (TPSA) is 92.2 Å². The maximum absolute atomic E-state index is 13.3. The molecule has 1 aliphatic rings. The van der Waals surface area contributed by atoms with Crippen LogP contribution in [0.5, 0.6) is 0 Å². The molecular weight excluding hydrogens is 421 g/mol. The molecule has 7 nitrogen and oxygen atoms in total. The number of benzene rings is 1. The molecule has 0 atom stereocenters. The minimum Gasteiger partial charge on any atom is -0.343 e. The normalized spacial score (nSPS) is 15.4. The molecule has 3 N–H and O–H groups in total. The van der Waals surface area contributed by atoms with Gasteiger partial charge in [-0.25, -0.2) is 13.2 Å². The van der Waals surface area contributed by atoms with E-state index in [1.54, 1.807) is 6.92 Å². The molecule has 2 aromatic rings. The molecule has 3 rings (SSSR count). The predicted octanol–water partition coefficient (Wildman–Crippen LogP) is 3.15. The smallest absolute Gasteiger partial charge is 0.299 e. The summed E-state index contributed by atoms with van der Waals surface area (Å²) in [6, 6.07) is 1.22. The van der Waals surface area contributed by atoms with Gasteiger partial charge in [0.05, 0.1) is 10.7 Å². The van der Waals surface area contributed by atoms with E-state index >= 15 is 0 Å². The minimum atomic E-state index is -3.93. The van der Waals surface area contributed by atoms with E-state index in [4.69, 9.17) is 11.6 Å². The van der Waals surface area contributed by atoms with Crippen LogP contribution in [0.1, 0.15) is 30.3 Å². The number of aryl methyl sites for hydroxylation is 1. The SMILES string of the molecule is Cn1cc(NS(=O)(=O)NC2(C)CC2)c(Cl)c1C(=O)Nc1cc(F)c(F)c(F)c1. The van der Waals surface area contributed by atoms with Crippen LogP contribution in [0.15, 0.2) is 18.3 Å². The van der Waals surface area contributed by atoms with Gasteiger partial charge >= 0.3 is 0 Å². The lowest BCUT2D eigenvalue weighted by Crippen LogP contribution is -2.38. The van der Waals surface area contributed by atoms with Gasteiger partial charge in [-0.05, 0) is 19.8 Å². The molecule has 0 spiro atoms. The third-order valence-electron chi connectivity index (χ3n) is 4.20.